The van der Waals surface area contributed by atoms with E-state index in [-0.39, 0.29) is 11.0 Å². The molecule has 1 aliphatic rings. The first kappa shape index (κ1) is 15.2. The molecule has 1 saturated heterocycles. The van der Waals surface area contributed by atoms with Crippen LogP contribution in [0, 0.1) is 5.41 Å². The molecule has 1 aromatic rings. The average Bonchev–Trinajstić information content (AvgIpc) is 2.89. The summed E-state index contributed by atoms with van der Waals surface area (Å²) < 4.78 is 30.0. The second-order valence-corrected chi connectivity index (χ2v) is 5.67. The Labute approximate surface area is 118 Å². The van der Waals surface area contributed by atoms with Gasteiger partial charge in [-0.05, 0) is 25.9 Å². The molecule has 2 N–H and O–H groups in total. The fraction of sp³-hybridized carbons (Fsp3) is 0.727. The first-order chi connectivity index (χ1) is 9.57. The van der Waals surface area contributed by atoms with Crippen molar-refractivity contribution in [1.29, 1.82) is 0 Å². The number of piperidine rings is 1. The Balaban J connectivity index is 2.07. The number of nitrogens with one attached hydrogen (secondary N) is 2. The van der Waals surface area contributed by atoms with Gasteiger partial charge in [-0.2, -0.15) is 0 Å². The highest BCUT2D eigenvalue weighted by Gasteiger charge is 2.40. The molecule has 6 nitrogen and oxygen atoms in total. The molecule has 1 amide bonds. The number of carbonyl (C=O) groups is 1. The number of carbonyl (C=O) groups excluding carboxylic acids is 1. The molecule has 1 aliphatic heterocycles. The van der Waals surface area contributed by atoms with E-state index in [1.165, 1.54) is 7.11 Å². The number of rotatable bonds is 5. The lowest BCUT2D eigenvalue weighted by molar-refractivity contribution is -0.130. The minimum absolute atomic E-state index is 0.0966. The molecular weight excluding hydrogens is 290 g/mol. The van der Waals surface area contributed by atoms with Crippen molar-refractivity contribution in [3.8, 4) is 0 Å². The van der Waals surface area contributed by atoms with Gasteiger partial charge in [-0.15, -0.1) is 10.2 Å². The lowest BCUT2D eigenvalue weighted by atomic mass is 9.79. The van der Waals surface area contributed by atoms with Gasteiger partial charge < -0.3 is 10.1 Å². The molecule has 9 heteroatoms. The van der Waals surface area contributed by atoms with E-state index in [1.54, 1.807) is 0 Å². The quantitative estimate of drug-likeness (QED) is 0.860. The summed E-state index contributed by atoms with van der Waals surface area (Å²) >= 11 is 0.689. The Kier molecular flexibility index (Phi) is 4.95. The second-order valence-electron chi connectivity index (χ2n) is 4.66. The van der Waals surface area contributed by atoms with Crippen LogP contribution in [0.1, 0.15) is 24.3 Å². The molecule has 0 atom stereocenters. The number of aromatic nitrogens is 2. The predicted octanol–water partition coefficient (Wildman–Crippen LogP) is 1.43. The van der Waals surface area contributed by atoms with Gasteiger partial charge in [-0.25, -0.2) is 8.78 Å². The van der Waals surface area contributed by atoms with Crippen LogP contribution >= 0.6 is 11.3 Å². The zero-order valence-electron chi connectivity index (χ0n) is 11.0. The third kappa shape index (κ3) is 3.28. The van der Waals surface area contributed by atoms with E-state index >= 15 is 0 Å². The summed E-state index contributed by atoms with van der Waals surface area (Å²) in [6.45, 7) is 1.73. The zero-order chi connectivity index (χ0) is 14.6. The highest BCUT2D eigenvalue weighted by Crippen LogP contribution is 2.32. The zero-order valence-corrected chi connectivity index (χ0v) is 11.8. The smallest absolute Gasteiger partial charge is 0.291 e. The highest BCUT2D eigenvalue weighted by atomic mass is 32.1. The number of hydrogen-bond donors (Lipinski definition) is 2. The normalized spacial score (nSPS) is 18.2. The summed E-state index contributed by atoms with van der Waals surface area (Å²) in [6, 6.07) is 0. The Bertz CT molecular complexity index is 458. The SMILES string of the molecule is COCC1(C(=O)Nc2nnc(C(F)F)s2)CCNCC1. The van der Waals surface area contributed by atoms with Gasteiger partial charge in [0.25, 0.3) is 6.43 Å². The van der Waals surface area contributed by atoms with Gasteiger partial charge >= 0.3 is 0 Å². The van der Waals surface area contributed by atoms with Gasteiger partial charge in [0.05, 0.1) is 12.0 Å². The van der Waals surface area contributed by atoms with Gasteiger partial charge in [0.1, 0.15) is 0 Å². The maximum Gasteiger partial charge on any atom is 0.291 e. The van der Waals surface area contributed by atoms with Crippen LogP contribution in [0.5, 0.6) is 0 Å². The van der Waals surface area contributed by atoms with Gasteiger partial charge in [0, 0.05) is 7.11 Å². The van der Waals surface area contributed by atoms with Crippen LogP contribution in [0.4, 0.5) is 13.9 Å². The monoisotopic (exact) mass is 306 g/mol. The largest absolute Gasteiger partial charge is 0.384 e. The maximum atomic E-state index is 12.4. The van der Waals surface area contributed by atoms with E-state index < -0.39 is 16.8 Å². The molecule has 2 rings (SSSR count). The third-order valence-corrected chi connectivity index (χ3v) is 4.16. The van der Waals surface area contributed by atoms with E-state index in [4.69, 9.17) is 4.74 Å². The molecule has 0 bridgehead atoms. The van der Waals surface area contributed by atoms with Crippen molar-refractivity contribution in [2.45, 2.75) is 19.3 Å². The first-order valence-electron chi connectivity index (χ1n) is 6.20. The van der Waals surface area contributed by atoms with Crippen molar-refractivity contribution in [2.24, 2.45) is 5.41 Å². The fourth-order valence-corrected chi connectivity index (χ4v) is 2.82. The standard InChI is InChI=1S/C11H16F2N4O2S/c1-19-6-11(2-4-14-5-3-11)9(18)15-10-17-16-8(20-10)7(12)13/h7,14H,2-6H2,1H3,(H,15,17,18). The lowest BCUT2D eigenvalue weighted by Crippen LogP contribution is -2.47. The lowest BCUT2D eigenvalue weighted by Gasteiger charge is -2.35. The van der Waals surface area contributed by atoms with Gasteiger partial charge in [-0.3, -0.25) is 10.1 Å². The van der Waals surface area contributed by atoms with Gasteiger partial charge in [0.2, 0.25) is 11.0 Å². The molecule has 1 aromatic heterocycles. The minimum atomic E-state index is -2.68. The molecule has 0 spiro atoms. The van der Waals surface area contributed by atoms with Crippen molar-refractivity contribution >= 4 is 22.4 Å². The van der Waals surface area contributed by atoms with Crippen LogP contribution in [0.15, 0.2) is 0 Å². The Morgan fingerprint density at radius 1 is 1.50 bits per heavy atom. The van der Waals surface area contributed by atoms with Crippen molar-refractivity contribution < 1.29 is 18.3 Å². The first-order valence-corrected chi connectivity index (χ1v) is 7.02. The molecule has 0 unspecified atom stereocenters. The number of hydrogen-bond acceptors (Lipinski definition) is 6. The Morgan fingerprint density at radius 2 is 2.20 bits per heavy atom. The summed E-state index contributed by atoms with van der Waals surface area (Å²) in [5.74, 6) is -0.252. The molecule has 20 heavy (non-hydrogen) atoms. The molecule has 0 saturated carbocycles. The number of amides is 1. The van der Waals surface area contributed by atoms with Crippen LogP contribution < -0.4 is 10.6 Å². The number of nitrogens with zero attached hydrogens (tertiary/aromatic N) is 2. The molecule has 0 aromatic carbocycles. The van der Waals surface area contributed by atoms with Crippen LogP contribution in [0.2, 0.25) is 0 Å². The molecule has 0 aliphatic carbocycles. The van der Waals surface area contributed by atoms with Crippen LogP contribution in [0.25, 0.3) is 0 Å². The van der Waals surface area contributed by atoms with E-state index in [1.807, 2.05) is 0 Å². The number of ether oxygens (including phenoxy) is 1. The van der Waals surface area contributed by atoms with E-state index in [9.17, 15) is 13.6 Å². The van der Waals surface area contributed by atoms with E-state index in [0.717, 1.165) is 13.1 Å². The molecule has 0 radical (unpaired) electrons. The third-order valence-electron chi connectivity index (χ3n) is 3.31. The topological polar surface area (TPSA) is 76.1 Å². The van der Waals surface area contributed by atoms with Gasteiger partial charge in [-0.1, -0.05) is 11.3 Å². The Hall–Kier alpha value is -1.19. The predicted molar refractivity (Wildman–Crippen MR) is 69.9 cm³/mol. The van der Waals surface area contributed by atoms with Crippen LogP contribution in [0.3, 0.4) is 0 Å². The van der Waals surface area contributed by atoms with E-state index in [0.29, 0.717) is 30.8 Å². The maximum absolute atomic E-state index is 12.4. The summed E-state index contributed by atoms with van der Waals surface area (Å²) in [5, 5.41) is 12.4. The summed E-state index contributed by atoms with van der Waals surface area (Å²) in [6.07, 6.45) is -1.41. The minimum Gasteiger partial charge on any atom is -0.384 e. The number of halogens is 2. The van der Waals surface area contributed by atoms with Crippen molar-refractivity contribution in [3.63, 3.8) is 0 Å². The second kappa shape index (κ2) is 6.51. The molecule has 112 valence electrons. The average molecular weight is 306 g/mol. The van der Waals surface area contributed by atoms with Crippen molar-refractivity contribution in [2.75, 3.05) is 32.1 Å². The number of anilines is 1. The molecular formula is C11H16F2N4O2S. The summed E-state index contributed by atoms with van der Waals surface area (Å²) in [4.78, 5) is 12.4. The van der Waals surface area contributed by atoms with Crippen molar-refractivity contribution in [3.05, 3.63) is 5.01 Å². The summed E-state index contributed by atoms with van der Waals surface area (Å²) in [5.41, 5.74) is -0.642. The molecule has 1 fully saturated rings. The van der Waals surface area contributed by atoms with Crippen LogP contribution in [-0.2, 0) is 9.53 Å². The Morgan fingerprint density at radius 3 is 2.75 bits per heavy atom. The van der Waals surface area contributed by atoms with Gasteiger partial charge in [0.15, 0.2) is 5.01 Å². The number of methoxy groups -OCH3 is 1. The summed E-state index contributed by atoms with van der Waals surface area (Å²) in [7, 11) is 1.54. The highest BCUT2D eigenvalue weighted by molar-refractivity contribution is 7.15. The number of alkyl halides is 2. The van der Waals surface area contributed by atoms with Crippen molar-refractivity contribution in [1.82, 2.24) is 15.5 Å². The fourth-order valence-electron chi connectivity index (χ4n) is 2.22. The molecule has 2 heterocycles. The van der Waals surface area contributed by atoms with Crippen LogP contribution in [-0.4, -0.2) is 42.9 Å². The van der Waals surface area contributed by atoms with E-state index in [2.05, 4.69) is 20.8 Å².